The standard InChI is InChI=1S/C13H18F3N5OS/c14-13(15,16)8-21-12(17-19-20-21)23-7-10-6-11(18-22-10)9-4-2-1-3-5-9/h9-10H,1-8H2/t10-/m0/s1. The van der Waals surface area contributed by atoms with E-state index in [1.807, 2.05) is 0 Å². The number of nitrogens with zero attached hydrogens (tertiary/aromatic N) is 5. The van der Waals surface area contributed by atoms with Gasteiger partial charge >= 0.3 is 6.18 Å². The lowest BCUT2D eigenvalue weighted by atomic mass is 9.84. The number of oxime groups is 1. The Hall–Kier alpha value is -1.32. The van der Waals surface area contributed by atoms with Gasteiger partial charge in [0.1, 0.15) is 12.6 Å². The Labute approximate surface area is 135 Å². The van der Waals surface area contributed by atoms with Crippen molar-refractivity contribution in [3.05, 3.63) is 0 Å². The number of alkyl halides is 3. The van der Waals surface area contributed by atoms with Crippen molar-refractivity contribution < 1.29 is 18.0 Å². The summed E-state index contributed by atoms with van der Waals surface area (Å²) in [5, 5.41) is 14.7. The normalized spacial score (nSPS) is 22.9. The largest absolute Gasteiger partial charge is 0.408 e. The summed E-state index contributed by atoms with van der Waals surface area (Å²) in [5.41, 5.74) is 1.10. The quantitative estimate of drug-likeness (QED) is 0.765. The van der Waals surface area contributed by atoms with Crippen LogP contribution in [0.4, 0.5) is 13.2 Å². The molecule has 2 heterocycles. The van der Waals surface area contributed by atoms with E-state index in [9.17, 15) is 13.2 Å². The molecular weight excluding hydrogens is 331 g/mol. The van der Waals surface area contributed by atoms with Crippen molar-refractivity contribution in [1.82, 2.24) is 20.2 Å². The van der Waals surface area contributed by atoms with Crippen molar-refractivity contribution in [3.8, 4) is 0 Å². The Morgan fingerprint density at radius 2 is 2.00 bits per heavy atom. The van der Waals surface area contributed by atoms with Gasteiger partial charge in [0.15, 0.2) is 0 Å². The molecule has 0 unspecified atom stereocenters. The van der Waals surface area contributed by atoms with Crippen LogP contribution >= 0.6 is 11.8 Å². The first kappa shape index (κ1) is 16.5. The second-order valence-corrected chi connectivity index (χ2v) is 6.88. The lowest BCUT2D eigenvalue weighted by Crippen LogP contribution is -2.21. The van der Waals surface area contributed by atoms with Gasteiger partial charge < -0.3 is 4.84 Å². The molecule has 0 bridgehead atoms. The number of aromatic nitrogens is 4. The molecule has 0 saturated heterocycles. The fraction of sp³-hybridized carbons (Fsp3) is 0.846. The topological polar surface area (TPSA) is 65.2 Å². The van der Waals surface area contributed by atoms with Gasteiger partial charge in [0.25, 0.3) is 0 Å². The smallest absolute Gasteiger partial charge is 0.391 e. The van der Waals surface area contributed by atoms with E-state index < -0.39 is 12.7 Å². The van der Waals surface area contributed by atoms with Crippen molar-refractivity contribution in [2.24, 2.45) is 11.1 Å². The average molecular weight is 349 g/mol. The number of hydrogen-bond acceptors (Lipinski definition) is 6. The third kappa shape index (κ3) is 4.58. The molecule has 0 radical (unpaired) electrons. The summed E-state index contributed by atoms with van der Waals surface area (Å²) in [5.74, 6) is 0.993. The molecule has 0 aromatic carbocycles. The van der Waals surface area contributed by atoms with E-state index in [1.54, 1.807) is 0 Å². The molecule has 1 atom stereocenters. The zero-order valence-electron chi connectivity index (χ0n) is 12.5. The Morgan fingerprint density at radius 3 is 2.74 bits per heavy atom. The highest BCUT2D eigenvalue weighted by Gasteiger charge is 2.31. The Kier molecular flexibility index (Phi) is 5.08. The van der Waals surface area contributed by atoms with Gasteiger partial charge in [0, 0.05) is 18.1 Å². The van der Waals surface area contributed by atoms with Crippen LogP contribution in [0.5, 0.6) is 0 Å². The van der Waals surface area contributed by atoms with Crippen LogP contribution in [0.15, 0.2) is 10.3 Å². The zero-order chi connectivity index (χ0) is 16.3. The van der Waals surface area contributed by atoms with Gasteiger partial charge in [-0.2, -0.15) is 13.2 Å². The lowest BCUT2D eigenvalue weighted by molar-refractivity contribution is -0.144. The first-order valence-corrected chi connectivity index (χ1v) is 8.68. The summed E-state index contributed by atoms with van der Waals surface area (Å²) < 4.78 is 38.1. The van der Waals surface area contributed by atoms with Crippen LogP contribution in [0.25, 0.3) is 0 Å². The third-order valence-corrected chi connectivity index (χ3v) is 5.15. The molecule has 0 amide bonds. The maximum absolute atomic E-state index is 12.4. The van der Waals surface area contributed by atoms with Crippen molar-refractivity contribution >= 4 is 17.5 Å². The molecule has 1 aliphatic carbocycles. The first-order valence-electron chi connectivity index (χ1n) is 7.69. The Balaban J connectivity index is 1.48. The van der Waals surface area contributed by atoms with Gasteiger partial charge in [0.05, 0.1) is 5.71 Å². The molecule has 1 aromatic rings. The van der Waals surface area contributed by atoms with Crippen molar-refractivity contribution in [2.75, 3.05) is 5.75 Å². The summed E-state index contributed by atoms with van der Waals surface area (Å²) in [7, 11) is 0. The maximum Gasteiger partial charge on any atom is 0.408 e. The summed E-state index contributed by atoms with van der Waals surface area (Å²) >= 11 is 1.17. The first-order chi connectivity index (χ1) is 11.0. The molecule has 1 saturated carbocycles. The van der Waals surface area contributed by atoms with Crippen LogP contribution in [0.3, 0.4) is 0 Å². The van der Waals surface area contributed by atoms with E-state index >= 15 is 0 Å². The molecule has 1 fully saturated rings. The van der Waals surface area contributed by atoms with Crippen LogP contribution < -0.4 is 0 Å². The highest BCUT2D eigenvalue weighted by atomic mass is 32.2. The molecule has 2 aliphatic rings. The summed E-state index contributed by atoms with van der Waals surface area (Å²) in [4.78, 5) is 5.42. The average Bonchev–Trinajstić information content (AvgIpc) is 3.14. The molecule has 6 nitrogen and oxygen atoms in total. The van der Waals surface area contributed by atoms with E-state index in [0.717, 1.165) is 29.7 Å². The fourth-order valence-corrected chi connectivity index (χ4v) is 3.81. The summed E-state index contributed by atoms with van der Waals surface area (Å²) in [6.45, 7) is -1.18. The van der Waals surface area contributed by atoms with Gasteiger partial charge in [-0.1, -0.05) is 36.2 Å². The zero-order valence-corrected chi connectivity index (χ0v) is 13.3. The van der Waals surface area contributed by atoms with Crippen LogP contribution in [0.2, 0.25) is 0 Å². The van der Waals surface area contributed by atoms with Crippen molar-refractivity contribution in [1.29, 1.82) is 0 Å². The van der Waals surface area contributed by atoms with Gasteiger partial charge in [-0.25, -0.2) is 4.68 Å². The van der Waals surface area contributed by atoms with Crippen LogP contribution in [-0.2, 0) is 11.4 Å². The molecule has 10 heteroatoms. The van der Waals surface area contributed by atoms with E-state index in [1.165, 1.54) is 31.0 Å². The molecule has 0 spiro atoms. The number of tetrazole rings is 1. The maximum atomic E-state index is 12.4. The van der Waals surface area contributed by atoms with Crippen molar-refractivity contribution in [2.45, 2.75) is 62.5 Å². The summed E-state index contributed by atoms with van der Waals surface area (Å²) in [6, 6.07) is 0. The van der Waals surface area contributed by atoms with Gasteiger partial charge in [-0.3, -0.25) is 0 Å². The van der Waals surface area contributed by atoms with Crippen LogP contribution in [0, 0.1) is 5.92 Å². The third-order valence-electron chi connectivity index (χ3n) is 4.06. The van der Waals surface area contributed by atoms with E-state index in [0.29, 0.717) is 11.7 Å². The molecule has 3 rings (SSSR count). The number of thioether (sulfide) groups is 1. The lowest BCUT2D eigenvalue weighted by Gasteiger charge is -2.20. The Bertz CT molecular complexity index is 556. The highest BCUT2D eigenvalue weighted by Crippen LogP contribution is 2.31. The van der Waals surface area contributed by atoms with Gasteiger partial charge in [-0.05, 0) is 23.3 Å². The molecule has 128 valence electrons. The van der Waals surface area contributed by atoms with E-state index in [2.05, 4.69) is 20.7 Å². The molecule has 23 heavy (non-hydrogen) atoms. The molecule has 1 aromatic heterocycles. The highest BCUT2D eigenvalue weighted by molar-refractivity contribution is 7.99. The van der Waals surface area contributed by atoms with Crippen LogP contribution in [-0.4, -0.2) is 44.0 Å². The monoisotopic (exact) mass is 349 g/mol. The van der Waals surface area contributed by atoms with Gasteiger partial charge in [0.2, 0.25) is 5.16 Å². The van der Waals surface area contributed by atoms with Crippen molar-refractivity contribution in [3.63, 3.8) is 0 Å². The predicted octanol–water partition coefficient (Wildman–Crippen LogP) is 3.05. The van der Waals surface area contributed by atoms with E-state index in [4.69, 9.17) is 4.84 Å². The minimum atomic E-state index is -4.34. The van der Waals surface area contributed by atoms with E-state index in [-0.39, 0.29) is 11.3 Å². The van der Waals surface area contributed by atoms with Crippen LogP contribution in [0.1, 0.15) is 38.5 Å². The Morgan fingerprint density at radius 1 is 1.22 bits per heavy atom. The fourth-order valence-electron chi connectivity index (χ4n) is 2.95. The molecule has 0 N–H and O–H groups in total. The second kappa shape index (κ2) is 7.06. The number of rotatable bonds is 5. The molecule has 1 aliphatic heterocycles. The van der Waals surface area contributed by atoms with Gasteiger partial charge in [-0.15, -0.1) is 5.10 Å². The minimum absolute atomic E-state index is 0.118. The summed E-state index contributed by atoms with van der Waals surface area (Å²) in [6.07, 6.45) is 2.35. The number of halogens is 3. The number of hydrogen-bond donors (Lipinski definition) is 0. The minimum Gasteiger partial charge on any atom is -0.391 e. The predicted molar refractivity (Wildman–Crippen MR) is 78.1 cm³/mol. The second-order valence-electron chi connectivity index (χ2n) is 5.89. The molecular formula is C13H18F3N5OS. The SMILES string of the molecule is FC(F)(F)Cn1nnnc1SC[C@@H]1CC(C2CCCCC2)=NO1.